The van der Waals surface area contributed by atoms with Crippen LogP contribution in [-0.2, 0) is 4.74 Å². The Morgan fingerprint density at radius 3 is 3.00 bits per heavy atom. The molecule has 2 fully saturated rings. The lowest BCUT2D eigenvalue weighted by molar-refractivity contribution is 0.159. The normalized spacial score (nSPS) is 24.5. The number of ether oxygens (including phenoxy) is 1. The van der Waals surface area contributed by atoms with E-state index in [9.17, 15) is 4.79 Å². The van der Waals surface area contributed by atoms with E-state index in [1.807, 2.05) is 25.3 Å². The van der Waals surface area contributed by atoms with Crippen LogP contribution >= 0.6 is 0 Å². The largest absolute Gasteiger partial charge is 0.378 e. The maximum atomic E-state index is 12.4. The number of fused-ring (bicyclic) bond motifs is 1. The number of aryl methyl sites for hydroxylation is 1. The number of urea groups is 1. The summed E-state index contributed by atoms with van der Waals surface area (Å²) < 4.78 is 7.26. The van der Waals surface area contributed by atoms with Gasteiger partial charge in [0.15, 0.2) is 5.65 Å². The fourth-order valence-electron chi connectivity index (χ4n) is 3.55. The van der Waals surface area contributed by atoms with Gasteiger partial charge in [-0.25, -0.2) is 14.3 Å². The summed E-state index contributed by atoms with van der Waals surface area (Å²) in [6.07, 6.45) is 4.26. The fraction of sp³-hybridized carbons (Fsp3) is 0.562. The Bertz CT molecular complexity index is 739. The van der Waals surface area contributed by atoms with Crippen molar-refractivity contribution in [3.63, 3.8) is 0 Å². The van der Waals surface area contributed by atoms with Crippen molar-refractivity contribution in [2.24, 2.45) is 0 Å². The average Bonchev–Trinajstić information content (AvgIpc) is 3.26. The molecule has 2 aromatic heterocycles. The number of amides is 2. The van der Waals surface area contributed by atoms with Gasteiger partial charge >= 0.3 is 6.03 Å². The lowest BCUT2D eigenvalue weighted by Gasteiger charge is -2.27. The number of likely N-dealkylation sites (tertiary alicyclic amines) is 1. The number of hydrogen-bond donors (Lipinski definition) is 2. The highest BCUT2D eigenvalue weighted by Crippen LogP contribution is 2.19. The molecule has 2 amide bonds. The van der Waals surface area contributed by atoms with Crippen molar-refractivity contribution in [2.45, 2.75) is 31.8 Å². The van der Waals surface area contributed by atoms with Crippen molar-refractivity contribution in [1.82, 2.24) is 24.8 Å². The van der Waals surface area contributed by atoms with Gasteiger partial charge in [0.25, 0.3) is 0 Å². The summed E-state index contributed by atoms with van der Waals surface area (Å²) in [7, 11) is 0. The molecule has 2 aromatic rings. The molecule has 2 N–H and O–H groups in total. The zero-order valence-electron chi connectivity index (χ0n) is 13.7. The molecule has 0 unspecified atom stereocenters. The van der Waals surface area contributed by atoms with Crippen LogP contribution in [0.4, 0.5) is 10.5 Å². The fourth-order valence-corrected chi connectivity index (χ4v) is 3.55. The van der Waals surface area contributed by atoms with E-state index in [0.717, 1.165) is 13.1 Å². The van der Waals surface area contributed by atoms with Gasteiger partial charge in [0, 0.05) is 6.20 Å². The quantitative estimate of drug-likeness (QED) is 0.878. The third kappa shape index (κ3) is 2.94. The summed E-state index contributed by atoms with van der Waals surface area (Å²) in [5.74, 6) is 0.669. The zero-order valence-corrected chi connectivity index (χ0v) is 13.7. The Hall–Kier alpha value is -2.19. The molecule has 2 saturated heterocycles. The summed E-state index contributed by atoms with van der Waals surface area (Å²) in [6, 6.07) is 3.71. The maximum Gasteiger partial charge on any atom is 0.319 e. The molecule has 2 atom stereocenters. The smallest absolute Gasteiger partial charge is 0.319 e. The summed E-state index contributed by atoms with van der Waals surface area (Å²) in [4.78, 5) is 19.2. The molecule has 4 rings (SSSR count). The molecule has 2 aliphatic rings. The lowest BCUT2D eigenvalue weighted by atomic mass is 10.1. The number of anilines is 1. The zero-order chi connectivity index (χ0) is 16.5. The molecule has 24 heavy (non-hydrogen) atoms. The van der Waals surface area contributed by atoms with Crippen molar-refractivity contribution in [3.05, 3.63) is 24.2 Å². The number of carbonyl (C=O) groups is 1. The Balaban J connectivity index is 1.44. The minimum atomic E-state index is -0.233. The molecule has 2 aliphatic heterocycles. The van der Waals surface area contributed by atoms with Crippen LogP contribution in [0.25, 0.3) is 5.65 Å². The van der Waals surface area contributed by atoms with Crippen LogP contribution in [0.5, 0.6) is 0 Å². The monoisotopic (exact) mass is 330 g/mol. The number of rotatable bonds is 3. The minimum Gasteiger partial charge on any atom is -0.378 e. The Morgan fingerprint density at radius 2 is 2.17 bits per heavy atom. The molecule has 0 aromatic carbocycles. The van der Waals surface area contributed by atoms with E-state index in [1.165, 1.54) is 12.8 Å². The molecule has 8 heteroatoms. The van der Waals surface area contributed by atoms with E-state index in [-0.39, 0.29) is 18.1 Å². The summed E-state index contributed by atoms with van der Waals surface area (Å²) in [5, 5.41) is 10.2. The standard InChI is InChI=1S/C16H22N6O2/c1-11-17-15-12(5-4-8-22(15)20-11)18-16(23)19-13-9-24-10-14(13)21-6-2-3-7-21/h4-5,8,13-14H,2-3,6-7,9-10H2,1H3,(H2,18,19,23)/t13-,14-/m1/s1. The van der Waals surface area contributed by atoms with Crippen molar-refractivity contribution >= 4 is 17.4 Å². The van der Waals surface area contributed by atoms with E-state index in [4.69, 9.17) is 4.74 Å². The van der Waals surface area contributed by atoms with Crippen LogP contribution in [0.2, 0.25) is 0 Å². The predicted molar refractivity (Wildman–Crippen MR) is 89.1 cm³/mol. The Labute approximate surface area is 140 Å². The first kappa shape index (κ1) is 15.3. The van der Waals surface area contributed by atoms with Gasteiger partial charge in [0.1, 0.15) is 5.82 Å². The molecular weight excluding hydrogens is 308 g/mol. The summed E-state index contributed by atoms with van der Waals surface area (Å²) >= 11 is 0. The van der Waals surface area contributed by atoms with Crippen LogP contribution in [0.3, 0.4) is 0 Å². The lowest BCUT2D eigenvalue weighted by Crippen LogP contribution is -2.51. The molecule has 8 nitrogen and oxygen atoms in total. The average molecular weight is 330 g/mol. The highest BCUT2D eigenvalue weighted by Gasteiger charge is 2.35. The van der Waals surface area contributed by atoms with Crippen molar-refractivity contribution in [3.8, 4) is 0 Å². The topological polar surface area (TPSA) is 83.8 Å². The third-order valence-corrected chi connectivity index (χ3v) is 4.69. The van der Waals surface area contributed by atoms with Crippen molar-refractivity contribution in [1.29, 1.82) is 0 Å². The molecule has 0 spiro atoms. The molecule has 0 radical (unpaired) electrons. The predicted octanol–water partition coefficient (Wildman–Crippen LogP) is 1.02. The third-order valence-electron chi connectivity index (χ3n) is 4.69. The van der Waals surface area contributed by atoms with Gasteiger partial charge < -0.3 is 15.4 Å². The van der Waals surface area contributed by atoms with Crippen LogP contribution < -0.4 is 10.6 Å². The first-order valence-corrected chi connectivity index (χ1v) is 8.42. The molecule has 4 heterocycles. The van der Waals surface area contributed by atoms with E-state index in [2.05, 4.69) is 25.6 Å². The highest BCUT2D eigenvalue weighted by atomic mass is 16.5. The van der Waals surface area contributed by atoms with Crippen LogP contribution in [0, 0.1) is 6.92 Å². The van der Waals surface area contributed by atoms with Crippen LogP contribution in [-0.4, -0.2) is 63.9 Å². The molecular formula is C16H22N6O2. The van der Waals surface area contributed by atoms with Gasteiger partial charge in [-0.15, -0.1) is 0 Å². The van der Waals surface area contributed by atoms with E-state index in [1.54, 1.807) is 4.52 Å². The van der Waals surface area contributed by atoms with Gasteiger partial charge in [-0.3, -0.25) is 4.90 Å². The Kier molecular flexibility index (Phi) is 4.07. The molecule has 0 bridgehead atoms. The van der Waals surface area contributed by atoms with Gasteiger partial charge in [-0.2, -0.15) is 5.10 Å². The van der Waals surface area contributed by atoms with Crippen LogP contribution in [0.15, 0.2) is 18.3 Å². The summed E-state index contributed by atoms with van der Waals surface area (Å²) in [6.45, 7) is 5.25. The van der Waals surface area contributed by atoms with Crippen molar-refractivity contribution < 1.29 is 9.53 Å². The van der Waals surface area contributed by atoms with Gasteiger partial charge in [0.05, 0.1) is 31.0 Å². The van der Waals surface area contributed by atoms with E-state index in [0.29, 0.717) is 30.4 Å². The van der Waals surface area contributed by atoms with Crippen LogP contribution in [0.1, 0.15) is 18.7 Å². The molecule has 128 valence electrons. The first-order valence-electron chi connectivity index (χ1n) is 8.42. The highest BCUT2D eigenvalue weighted by molar-refractivity contribution is 5.93. The second-order valence-corrected chi connectivity index (χ2v) is 6.40. The second kappa shape index (κ2) is 6.37. The molecule has 0 aliphatic carbocycles. The van der Waals surface area contributed by atoms with E-state index < -0.39 is 0 Å². The maximum absolute atomic E-state index is 12.4. The van der Waals surface area contributed by atoms with Gasteiger partial charge in [-0.05, 0) is 45.0 Å². The number of aromatic nitrogens is 3. The molecule has 0 saturated carbocycles. The Morgan fingerprint density at radius 1 is 1.33 bits per heavy atom. The summed E-state index contributed by atoms with van der Waals surface area (Å²) in [5.41, 5.74) is 1.29. The van der Waals surface area contributed by atoms with Gasteiger partial charge in [0.2, 0.25) is 0 Å². The second-order valence-electron chi connectivity index (χ2n) is 6.40. The number of nitrogens with one attached hydrogen (secondary N) is 2. The number of nitrogens with zero attached hydrogens (tertiary/aromatic N) is 4. The SMILES string of the molecule is Cc1nc2c(NC(=O)N[C@@H]3COC[C@H]3N3CCCC3)cccn2n1. The van der Waals surface area contributed by atoms with Gasteiger partial charge in [-0.1, -0.05) is 0 Å². The number of pyridine rings is 1. The van der Waals surface area contributed by atoms with Crippen molar-refractivity contribution in [2.75, 3.05) is 31.6 Å². The number of hydrogen-bond acceptors (Lipinski definition) is 5. The first-order chi connectivity index (χ1) is 11.7. The minimum absolute atomic E-state index is 0.0161. The van der Waals surface area contributed by atoms with E-state index >= 15 is 0 Å². The number of carbonyl (C=O) groups excluding carboxylic acids is 1.